The molecular formula is C15H16O4. The van der Waals surface area contributed by atoms with E-state index >= 15 is 0 Å². The second kappa shape index (κ2) is 3.90. The first-order chi connectivity index (χ1) is 8.90. The third kappa shape index (κ3) is 1.96. The van der Waals surface area contributed by atoms with Crippen molar-refractivity contribution in [1.29, 1.82) is 0 Å². The zero-order valence-corrected chi connectivity index (χ0v) is 11.0. The second-order valence-electron chi connectivity index (χ2n) is 5.64. The molecule has 3 aliphatic rings. The molecule has 100 valence electrons. The first-order valence-electron chi connectivity index (χ1n) is 6.38. The van der Waals surface area contributed by atoms with Crippen LogP contribution in [0.5, 0.6) is 0 Å². The topological polar surface area (TPSA) is 55.9 Å². The zero-order chi connectivity index (χ0) is 13.8. The quantitative estimate of drug-likeness (QED) is 0.378. The van der Waals surface area contributed by atoms with Crippen molar-refractivity contribution >= 4 is 11.8 Å². The molecule has 3 rings (SSSR count). The van der Waals surface area contributed by atoms with Crippen molar-refractivity contribution in [3.05, 3.63) is 36.0 Å². The van der Waals surface area contributed by atoms with Gasteiger partial charge in [0.05, 0.1) is 5.92 Å². The summed E-state index contributed by atoms with van der Waals surface area (Å²) in [5.41, 5.74) is 0.760. The van der Waals surface area contributed by atoms with Crippen molar-refractivity contribution in [2.45, 2.75) is 38.1 Å². The van der Waals surface area contributed by atoms with Crippen molar-refractivity contribution < 1.29 is 19.1 Å². The lowest BCUT2D eigenvalue weighted by molar-refractivity contribution is -0.137. The van der Waals surface area contributed by atoms with E-state index in [0.717, 1.165) is 5.57 Å². The molecule has 0 aromatic rings. The molecule has 0 N–H and O–H groups in total. The van der Waals surface area contributed by atoms with Crippen molar-refractivity contribution in [2.24, 2.45) is 5.92 Å². The minimum atomic E-state index is -0.573. The van der Waals surface area contributed by atoms with Crippen LogP contribution in [0.2, 0.25) is 0 Å². The van der Waals surface area contributed by atoms with E-state index in [1.54, 1.807) is 6.08 Å². The Balaban J connectivity index is 1.99. The first kappa shape index (κ1) is 12.4. The largest absolute Gasteiger partial charge is 0.454 e. The fourth-order valence-corrected chi connectivity index (χ4v) is 2.75. The maximum absolute atomic E-state index is 12.4. The Bertz CT molecular complexity index is 542. The molecule has 4 heteroatoms. The SMILES string of the molecule is C=C1C(=O)O[C@H]2/C=C(/C)C=C[C@H]3O[C@]3(C)CC(=O)[C@@H]12. The van der Waals surface area contributed by atoms with Gasteiger partial charge in [-0.3, -0.25) is 4.79 Å². The fraction of sp³-hybridized carbons (Fsp3) is 0.467. The summed E-state index contributed by atoms with van der Waals surface area (Å²) >= 11 is 0. The number of carbonyl (C=O) groups is 2. The van der Waals surface area contributed by atoms with Crippen LogP contribution in [0.25, 0.3) is 0 Å². The van der Waals surface area contributed by atoms with Crippen LogP contribution < -0.4 is 0 Å². The lowest BCUT2D eigenvalue weighted by Crippen LogP contribution is -2.28. The molecule has 0 amide bonds. The molecule has 2 heterocycles. The number of hydrogen-bond donors (Lipinski definition) is 0. The predicted octanol–water partition coefficient (Wildman–Crippen LogP) is 1.72. The number of ether oxygens (including phenoxy) is 2. The van der Waals surface area contributed by atoms with E-state index < -0.39 is 23.6 Å². The minimum Gasteiger partial charge on any atom is -0.454 e. The summed E-state index contributed by atoms with van der Waals surface area (Å²) in [6, 6.07) is 0. The minimum absolute atomic E-state index is 0.0253. The molecular weight excluding hydrogens is 244 g/mol. The van der Waals surface area contributed by atoms with Gasteiger partial charge in [-0.1, -0.05) is 24.3 Å². The molecule has 2 fully saturated rings. The lowest BCUT2D eigenvalue weighted by atomic mass is 9.85. The average molecular weight is 260 g/mol. The van der Waals surface area contributed by atoms with Crippen LogP contribution >= 0.6 is 0 Å². The third-order valence-electron chi connectivity index (χ3n) is 3.98. The highest BCUT2D eigenvalue weighted by atomic mass is 16.6. The third-order valence-corrected chi connectivity index (χ3v) is 3.98. The van der Waals surface area contributed by atoms with E-state index in [9.17, 15) is 9.59 Å². The Labute approximate surface area is 111 Å². The Morgan fingerprint density at radius 2 is 2.16 bits per heavy atom. The van der Waals surface area contributed by atoms with Gasteiger partial charge in [0.1, 0.15) is 23.6 Å². The van der Waals surface area contributed by atoms with E-state index in [1.807, 2.05) is 26.0 Å². The van der Waals surface area contributed by atoms with Gasteiger partial charge in [0.25, 0.3) is 0 Å². The molecule has 0 spiro atoms. The lowest BCUT2D eigenvalue weighted by Gasteiger charge is -2.16. The fourth-order valence-electron chi connectivity index (χ4n) is 2.75. The summed E-state index contributed by atoms with van der Waals surface area (Å²) in [5.74, 6) is -1.09. The smallest absolute Gasteiger partial charge is 0.334 e. The summed E-state index contributed by atoms with van der Waals surface area (Å²) in [5, 5.41) is 0. The molecule has 0 aromatic heterocycles. The Hall–Kier alpha value is -1.68. The standard InChI is InChI=1S/C15H16O4/c1-8-4-5-12-15(3,19-12)7-10(16)13-9(2)14(17)18-11(13)6-8/h4-6,11-13H,2,7H2,1,3H3/b5-4?,8-6-/t11-,12+,13+,15+/m0/s1. The Morgan fingerprint density at radius 3 is 2.89 bits per heavy atom. The number of Topliss-reactive ketones (excluding diaryl/α,β-unsaturated/α-hetero) is 1. The van der Waals surface area contributed by atoms with Crippen molar-refractivity contribution in [3.63, 3.8) is 0 Å². The normalized spacial score (nSPS) is 44.0. The van der Waals surface area contributed by atoms with Crippen LogP contribution in [0.4, 0.5) is 0 Å². The number of ketones is 1. The highest BCUT2D eigenvalue weighted by Crippen LogP contribution is 2.43. The van der Waals surface area contributed by atoms with E-state index in [-0.39, 0.29) is 23.9 Å². The van der Waals surface area contributed by atoms with Gasteiger partial charge in [-0.2, -0.15) is 0 Å². The number of epoxide rings is 1. The molecule has 0 unspecified atom stereocenters. The van der Waals surface area contributed by atoms with Crippen LogP contribution in [-0.4, -0.2) is 29.6 Å². The number of fused-ring (bicyclic) bond motifs is 2. The maximum atomic E-state index is 12.4. The van der Waals surface area contributed by atoms with E-state index in [2.05, 4.69) is 6.58 Å². The molecule has 0 bridgehead atoms. The van der Waals surface area contributed by atoms with Gasteiger partial charge in [-0.25, -0.2) is 4.79 Å². The highest BCUT2D eigenvalue weighted by molar-refractivity contribution is 6.01. The van der Waals surface area contributed by atoms with E-state index in [4.69, 9.17) is 9.47 Å². The summed E-state index contributed by atoms with van der Waals surface area (Å²) in [7, 11) is 0. The number of allylic oxidation sites excluding steroid dienone is 2. The molecule has 1 aliphatic carbocycles. The van der Waals surface area contributed by atoms with Crippen LogP contribution in [0.3, 0.4) is 0 Å². The summed E-state index contributed by atoms with van der Waals surface area (Å²) < 4.78 is 10.8. The van der Waals surface area contributed by atoms with Gasteiger partial charge in [0.2, 0.25) is 0 Å². The Kier molecular flexibility index (Phi) is 2.54. The molecule has 0 aromatic carbocycles. The van der Waals surface area contributed by atoms with Gasteiger partial charge >= 0.3 is 5.97 Å². The van der Waals surface area contributed by atoms with Gasteiger partial charge in [-0.05, 0) is 19.9 Å². The molecule has 19 heavy (non-hydrogen) atoms. The van der Waals surface area contributed by atoms with Gasteiger partial charge < -0.3 is 9.47 Å². The van der Waals surface area contributed by atoms with Crippen LogP contribution in [0.1, 0.15) is 20.3 Å². The van der Waals surface area contributed by atoms with Crippen molar-refractivity contribution in [3.8, 4) is 0 Å². The predicted molar refractivity (Wildman–Crippen MR) is 68.3 cm³/mol. The highest BCUT2D eigenvalue weighted by Gasteiger charge is 2.54. The molecule has 4 nitrogen and oxygen atoms in total. The molecule has 2 saturated heterocycles. The molecule has 0 radical (unpaired) electrons. The molecule has 2 aliphatic heterocycles. The van der Waals surface area contributed by atoms with E-state index in [1.165, 1.54) is 0 Å². The second-order valence-corrected chi connectivity index (χ2v) is 5.64. The maximum Gasteiger partial charge on any atom is 0.334 e. The summed E-state index contributed by atoms with van der Waals surface area (Å²) in [6.45, 7) is 7.52. The first-order valence-corrected chi connectivity index (χ1v) is 6.38. The van der Waals surface area contributed by atoms with E-state index in [0.29, 0.717) is 0 Å². The van der Waals surface area contributed by atoms with Gasteiger partial charge in [-0.15, -0.1) is 0 Å². The molecule has 0 saturated carbocycles. The number of esters is 1. The van der Waals surface area contributed by atoms with Crippen LogP contribution in [0, 0.1) is 5.92 Å². The summed E-state index contributed by atoms with van der Waals surface area (Å²) in [4.78, 5) is 24.0. The number of hydrogen-bond acceptors (Lipinski definition) is 4. The van der Waals surface area contributed by atoms with Crippen molar-refractivity contribution in [2.75, 3.05) is 0 Å². The molecule has 4 atom stereocenters. The zero-order valence-electron chi connectivity index (χ0n) is 11.0. The average Bonchev–Trinajstić information content (AvgIpc) is 2.86. The van der Waals surface area contributed by atoms with Crippen molar-refractivity contribution in [1.82, 2.24) is 0 Å². The van der Waals surface area contributed by atoms with Gasteiger partial charge in [0.15, 0.2) is 0 Å². The summed E-state index contributed by atoms with van der Waals surface area (Å²) in [6.07, 6.45) is 5.42. The number of rotatable bonds is 0. The van der Waals surface area contributed by atoms with Gasteiger partial charge in [0, 0.05) is 12.0 Å². The Morgan fingerprint density at radius 1 is 1.42 bits per heavy atom. The van der Waals surface area contributed by atoms with Crippen LogP contribution in [-0.2, 0) is 19.1 Å². The van der Waals surface area contributed by atoms with Crippen LogP contribution in [0.15, 0.2) is 36.0 Å². The number of carbonyl (C=O) groups excluding carboxylic acids is 2. The monoisotopic (exact) mass is 260 g/mol.